The molecule has 2 rings (SSSR count). The third-order valence-electron chi connectivity index (χ3n) is 4.06. The molecular formula is C17H21BrO. The minimum Gasteiger partial charge on any atom is -0.294 e. The smallest absolute Gasteiger partial charge is 0.162 e. The molecule has 1 fully saturated rings. The molecule has 0 heterocycles. The van der Waals surface area contributed by atoms with E-state index in [-0.39, 0.29) is 5.92 Å². The summed E-state index contributed by atoms with van der Waals surface area (Å²) in [5.41, 5.74) is 2.12. The van der Waals surface area contributed by atoms with Gasteiger partial charge in [0.1, 0.15) is 0 Å². The van der Waals surface area contributed by atoms with Crippen LogP contribution in [0.1, 0.15) is 39.2 Å². The van der Waals surface area contributed by atoms with E-state index in [0.717, 1.165) is 28.5 Å². The Morgan fingerprint density at radius 1 is 1.21 bits per heavy atom. The number of hydrogen-bond acceptors (Lipinski definition) is 1. The zero-order valence-electron chi connectivity index (χ0n) is 11.8. The van der Waals surface area contributed by atoms with Crippen molar-refractivity contribution in [3.8, 4) is 0 Å². The molecule has 0 saturated heterocycles. The second-order valence-electron chi connectivity index (χ2n) is 5.84. The maximum Gasteiger partial charge on any atom is 0.162 e. The fraction of sp³-hybridized carbons (Fsp3) is 0.471. The number of ketones is 1. The van der Waals surface area contributed by atoms with Crippen LogP contribution in [0.25, 0.3) is 6.08 Å². The van der Waals surface area contributed by atoms with Gasteiger partial charge in [-0.1, -0.05) is 48.8 Å². The van der Waals surface area contributed by atoms with Crippen LogP contribution >= 0.6 is 15.9 Å². The molecule has 0 spiro atoms. The van der Waals surface area contributed by atoms with E-state index in [9.17, 15) is 4.79 Å². The van der Waals surface area contributed by atoms with Crippen molar-refractivity contribution >= 4 is 27.8 Å². The van der Waals surface area contributed by atoms with E-state index in [1.807, 2.05) is 12.1 Å². The zero-order valence-corrected chi connectivity index (χ0v) is 13.4. The van der Waals surface area contributed by atoms with Gasteiger partial charge in [-0.05, 0) is 54.0 Å². The highest BCUT2D eigenvalue weighted by Crippen LogP contribution is 2.35. The standard InChI is InChI=1S/C17H21BrO/c1-11(2)15-9-4-12(3)16(17(15)19)10-13-5-7-14(18)8-6-13/h5-8,10-12,15H,4,9H2,1-3H3/b16-10-. The van der Waals surface area contributed by atoms with Crippen LogP contribution < -0.4 is 0 Å². The molecule has 0 bridgehead atoms. The van der Waals surface area contributed by atoms with Gasteiger partial charge in [0.15, 0.2) is 5.78 Å². The summed E-state index contributed by atoms with van der Waals surface area (Å²) in [7, 11) is 0. The van der Waals surface area contributed by atoms with Crippen LogP contribution in [0.4, 0.5) is 0 Å². The fourth-order valence-electron chi connectivity index (χ4n) is 2.76. The molecule has 1 nitrogen and oxygen atoms in total. The maximum absolute atomic E-state index is 12.6. The predicted molar refractivity (Wildman–Crippen MR) is 83.9 cm³/mol. The average molecular weight is 321 g/mol. The maximum atomic E-state index is 12.6. The number of carbonyl (C=O) groups excluding carboxylic acids is 1. The molecule has 1 aliphatic carbocycles. The van der Waals surface area contributed by atoms with E-state index in [4.69, 9.17) is 0 Å². The van der Waals surface area contributed by atoms with Gasteiger partial charge in [-0.15, -0.1) is 0 Å². The van der Waals surface area contributed by atoms with Crippen molar-refractivity contribution in [2.75, 3.05) is 0 Å². The number of benzene rings is 1. The number of halogens is 1. The van der Waals surface area contributed by atoms with Crippen LogP contribution in [-0.2, 0) is 4.79 Å². The van der Waals surface area contributed by atoms with Crippen LogP contribution in [0, 0.1) is 17.8 Å². The number of allylic oxidation sites excluding steroid dienone is 1. The zero-order chi connectivity index (χ0) is 14.0. The van der Waals surface area contributed by atoms with Gasteiger partial charge in [0.05, 0.1) is 0 Å². The quantitative estimate of drug-likeness (QED) is 0.692. The Morgan fingerprint density at radius 2 is 1.84 bits per heavy atom. The molecule has 0 aromatic heterocycles. The lowest BCUT2D eigenvalue weighted by molar-refractivity contribution is -0.122. The van der Waals surface area contributed by atoms with Gasteiger partial charge in [-0.2, -0.15) is 0 Å². The molecule has 1 aliphatic rings. The summed E-state index contributed by atoms with van der Waals surface area (Å²) >= 11 is 3.44. The monoisotopic (exact) mass is 320 g/mol. The number of hydrogen-bond donors (Lipinski definition) is 0. The number of carbonyl (C=O) groups is 1. The molecule has 1 aromatic rings. The van der Waals surface area contributed by atoms with Crippen LogP contribution in [0.15, 0.2) is 34.3 Å². The summed E-state index contributed by atoms with van der Waals surface area (Å²) < 4.78 is 1.07. The number of rotatable bonds is 2. The molecule has 19 heavy (non-hydrogen) atoms. The van der Waals surface area contributed by atoms with E-state index in [1.54, 1.807) is 0 Å². The van der Waals surface area contributed by atoms with Crippen molar-refractivity contribution in [2.45, 2.75) is 33.6 Å². The highest BCUT2D eigenvalue weighted by Gasteiger charge is 2.32. The normalized spacial score (nSPS) is 26.2. The second kappa shape index (κ2) is 6.04. The van der Waals surface area contributed by atoms with Crippen molar-refractivity contribution in [2.24, 2.45) is 17.8 Å². The van der Waals surface area contributed by atoms with E-state index >= 15 is 0 Å². The molecule has 2 heteroatoms. The summed E-state index contributed by atoms with van der Waals surface area (Å²) in [6, 6.07) is 8.14. The summed E-state index contributed by atoms with van der Waals surface area (Å²) in [6.07, 6.45) is 4.24. The first-order valence-electron chi connectivity index (χ1n) is 7.00. The van der Waals surface area contributed by atoms with Gasteiger partial charge in [-0.3, -0.25) is 4.79 Å². The largest absolute Gasteiger partial charge is 0.294 e. The average Bonchev–Trinajstić information content (AvgIpc) is 2.36. The van der Waals surface area contributed by atoms with Gasteiger partial charge in [-0.25, -0.2) is 0 Å². The Hall–Kier alpha value is -0.890. The topological polar surface area (TPSA) is 17.1 Å². The van der Waals surface area contributed by atoms with E-state index < -0.39 is 0 Å². The molecule has 2 unspecified atom stereocenters. The third kappa shape index (κ3) is 3.36. The molecular weight excluding hydrogens is 300 g/mol. The molecule has 1 aromatic carbocycles. The highest BCUT2D eigenvalue weighted by molar-refractivity contribution is 9.10. The van der Waals surface area contributed by atoms with E-state index in [0.29, 0.717) is 17.6 Å². The second-order valence-corrected chi connectivity index (χ2v) is 6.76. The van der Waals surface area contributed by atoms with Gasteiger partial charge >= 0.3 is 0 Å². The van der Waals surface area contributed by atoms with Gasteiger partial charge in [0, 0.05) is 10.4 Å². The minimum absolute atomic E-state index is 0.206. The van der Waals surface area contributed by atoms with Gasteiger partial charge in [0.2, 0.25) is 0 Å². The van der Waals surface area contributed by atoms with Crippen molar-refractivity contribution < 1.29 is 4.79 Å². The molecule has 102 valence electrons. The Morgan fingerprint density at radius 3 is 2.42 bits per heavy atom. The predicted octanol–water partition coefficient (Wildman–Crippen LogP) is 5.10. The molecule has 0 aliphatic heterocycles. The Labute approximate surface area is 124 Å². The van der Waals surface area contributed by atoms with Crippen LogP contribution in [-0.4, -0.2) is 5.78 Å². The molecule has 0 amide bonds. The van der Waals surface area contributed by atoms with Crippen molar-refractivity contribution in [3.05, 3.63) is 39.9 Å². The van der Waals surface area contributed by atoms with Gasteiger partial charge < -0.3 is 0 Å². The molecule has 0 radical (unpaired) electrons. The summed E-state index contributed by atoms with van der Waals surface area (Å²) in [4.78, 5) is 12.6. The third-order valence-corrected chi connectivity index (χ3v) is 4.59. The first kappa shape index (κ1) is 14.5. The Kier molecular flexibility index (Phi) is 4.62. The fourth-order valence-corrected chi connectivity index (χ4v) is 3.03. The summed E-state index contributed by atoms with van der Waals surface area (Å²) in [5.74, 6) is 1.38. The van der Waals surface area contributed by atoms with Crippen molar-refractivity contribution in [1.82, 2.24) is 0 Å². The first-order valence-corrected chi connectivity index (χ1v) is 7.79. The van der Waals surface area contributed by atoms with Crippen molar-refractivity contribution in [1.29, 1.82) is 0 Å². The number of Topliss-reactive ketones (excluding diaryl/α,β-unsaturated/α-hetero) is 1. The molecule has 0 N–H and O–H groups in total. The lowest BCUT2D eigenvalue weighted by atomic mass is 9.73. The van der Waals surface area contributed by atoms with Crippen LogP contribution in [0.5, 0.6) is 0 Å². The summed E-state index contributed by atoms with van der Waals surface area (Å²) in [6.45, 7) is 6.46. The van der Waals surface area contributed by atoms with Crippen LogP contribution in [0.3, 0.4) is 0 Å². The Bertz CT molecular complexity index is 484. The highest BCUT2D eigenvalue weighted by atomic mass is 79.9. The lowest BCUT2D eigenvalue weighted by Gasteiger charge is -2.30. The Balaban J connectivity index is 2.29. The van der Waals surface area contributed by atoms with Crippen LogP contribution in [0.2, 0.25) is 0 Å². The SMILES string of the molecule is CC1CCC(C(C)C)C(=O)/C1=C\c1ccc(Br)cc1. The van der Waals surface area contributed by atoms with E-state index in [2.05, 4.69) is 54.9 Å². The minimum atomic E-state index is 0.206. The summed E-state index contributed by atoms with van der Waals surface area (Å²) in [5, 5.41) is 0. The van der Waals surface area contributed by atoms with Crippen molar-refractivity contribution in [3.63, 3.8) is 0 Å². The molecule has 1 saturated carbocycles. The van der Waals surface area contributed by atoms with E-state index in [1.165, 1.54) is 0 Å². The first-order chi connectivity index (χ1) is 8.99. The van der Waals surface area contributed by atoms with Gasteiger partial charge in [0.25, 0.3) is 0 Å². The lowest BCUT2D eigenvalue weighted by Crippen LogP contribution is -2.30. The molecule has 2 atom stereocenters.